The van der Waals surface area contributed by atoms with Gasteiger partial charge in [0.2, 0.25) is 0 Å². The van der Waals surface area contributed by atoms with Gasteiger partial charge in [0.1, 0.15) is 6.04 Å². The second-order valence-corrected chi connectivity index (χ2v) is 6.09. The van der Waals surface area contributed by atoms with E-state index in [9.17, 15) is 9.59 Å². The molecule has 0 aliphatic heterocycles. The fourth-order valence-corrected chi connectivity index (χ4v) is 3.00. The van der Waals surface area contributed by atoms with Gasteiger partial charge in [-0.1, -0.05) is 26.7 Å². The van der Waals surface area contributed by atoms with Gasteiger partial charge in [0.05, 0.1) is 0 Å². The second kappa shape index (κ2) is 8.87. The van der Waals surface area contributed by atoms with Crippen molar-refractivity contribution in [2.75, 3.05) is 13.7 Å². The Morgan fingerprint density at radius 3 is 2.52 bits per heavy atom. The van der Waals surface area contributed by atoms with E-state index in [2.05, 4.69) is 24.5 Å². The maximum absolute atomic E-state index is 12.0. The van der Waals surface area contributed by atoms with Crippen molar-refractivity contribution in [3.8, 4) is 0 Å². The van der Waals surface area contributed by atoms with Crippen molar-refractivity contribution in [2.24, 2.45) is 11.8 Å². The summed E-state index contributed by atoms with van der Waals surface area (Å²) in [5, 5.41) is 14.6. The molecule has 1 aliphatic carbocycles. The Hall–Kier alpha value is -1.30. The standard InChI is InChI=1S/C15H28N2O4/c1-10(2)11-6-4-5-7-12(11)16-15(20)17-13(14(18)19)8-9-21-3/h10-13H,4-9H2,1-3H3,(H,18,19)(H2,16,17,20). The third kappa shape index (κ3) is 5.91. The number of urea groups is 1. The molecule has 1 rings (SSSR count). The van der Waals surface area contributed by atoms with Crippen molar-refractivity contribution in [3.05, 3.63) is 0 Å². The minimum Gasteiger partial charge on any atom is -0.480 e. The molecule has 0 heterocycles. The zero-order valence-corrected chi connectivity index (χ0v) is 13.2. The first-order valence-corrected chi connectivity index (χ1v) is 7.74. The van der Waals surface area contributed by atoms with Crippen LogP contribution in [0.1, 0.15) is 46.0 Å². The number of carbonyl (C=O) groups excluding carboxylic acids is 1. The van der Waals surface area contributed by atoms with Crippen molar-refractivity contribution in [1.82, 2.24) is 10.6 Å². The summed E-state index contributed by atoms with van der Waals surface area (Å²) in [6, 6.07) is -1.17. The maximum atomic E-state index is 12.0. The summed E-state index contributed by atoms with van der Waals surface area (Å²) in [4.78, 5) is 23.1. The smallest absolute Gasteiger partial charge is 0.326 e. The van der Waals surface area contributed by atoms with E-state index < -0.39 is 18.0 Å². The Morgan fingerprint density at radius 1 is 1.29 bits per heavy atom. The molecule has 0 saturated heterocycles. The molecule has 1 aliphatic rings. The quantitative estimate of drug-likeness (QED) is 0.671. The molecule has 6 nitrogen and oxygen atoms in total. The minimum absolute atomic E-state index is 0.135. The van der Waals surface area contributed by atoms with Gasteiger partial charge in [-0.05, 0) is 24.7 Å². The molecule has 3 N–H and O–H groups in total. The van der Waals surface area contributed by atoms with Crippen molar-refractivity contribution in [1.29, 1.82) is 0 Å². The molecule has 2 amide bonds. The number of carboxylic acid groups (broad SMARTS) is 1. The molecule has 1 saturated carbocycles. The summed E-state index contributed by atoms with van der Waals surface area (Å²) >= 11 is 0. The summed E-state index contributed by atoms with van der Waals surface area (Å²) < 4.78 is 4.87. The van der Waals surface area contributed by atoms with Crippen LogP contribution in [0.15, 0.2) is 0 Å². The Labute approximate surface area is 126 Å². The fourth-order valence-electron chi connectivity index (χ4n) is 3.00. The second-order valence-electron chi connectivity index (χ2n) is 6.09. The Balaban J connectivity index is 2.51. The van der Waals surface area contributed by atoms with E-state index in [4.69, 9.17) is 9.84 Å². The van der Waals surface area contributed by atoms with E-state index in [-0.39, 0.29) is 12.5 Å². The molecule has 0 radical (unpaired) electrons. The average molecular weight is 300 g/mol. The van der Waals surface area contributed by atoms with Crippen molar-refractivity contribution in [2.45, 2.75) is 58.0 Å². The summed E-state index contributed by atoms with van der Waals surface area (Å²) in [7, 11) is 1.51. The first kappa shape index (κ1) is 17.8. The van der Waals surface area contributed by atoms with Crippen LogP contribution < -0.4 is 10.6 Å². The number of hydrogen-bond acceptors (Lipinski definition) is 3. The topological polar surface area (TPSA) is 87.7 Å². The predicted molar refractivity (Wildman–Crippen MR) is 80.2 cm³/mol. The van der Waals surface area contributed by atoms with Crippen LogP contribution in [0.4, 0.5) is 4.79 Å². The summed E-state index contributed by atoms with van der Waals surface area (Å²) in [5.41, 5.74) is 0. The Kier molecular flexibility index (Phi) is 7.50. The number of rotatable bonds is 7. The lowest BCUT2D eigenvalue weighted by Gasteiger charge is -2.35. The van der Waals surface area contributed by atoms with E-state index in [1.165, 1.54) is 13.5 Å². The molecule has 21 heavy (non-hydrogen) atoms. The van der Waals surface area contributed by atoms with E-state index in [1.54, 1.807) is 0 Å². The van der Waals surface area contributed by atoms with E-state index in [0.717, 1.165) is 19.3 Å². The lowest BCUT2D eigenvalue weighted by atomic mass is 9.78. The highest BCUT2D eigenvalue weighted by Gasteiger charge is 2.29. The number of nitrogens with one attached hydrogen (secondary N) is 2. The number of aliphatic carboxylic acids is 1. The van der Waals surface area contributed by atoms with E-state index in [0.29, 0.717) is 18.4 Å². The van der Waals surface area contributed by atoms with Crippen molar-refractivity contribution < 1.29 is 19.4 Å². The number of carboxylic acids is 1. The molecule has 0 aromatic carbocycles. The average Bonchev–Trinajstić information content (AvgIpc) is 2.43. The SMILES string of the molecule is COCCC(NC(=O)NC1CCCCC1C(C)C)C(=O)O. The molecule has 0 aromatic heterocycles. The Morgan fingerprint density at radius 2 is 1.95 bits per heavy atom. The molecular weight excluding hydrogens is 272 g/mol. The van der Waals surface area contributed by atoms with Gasteiger partial charge in [-0.25, -0.2) is 9.59 Å². The van der Waals surface area contributed by atoms with Gasteiger partial charge in [-0.2, -0.15) is 0 Å². The van der Waals surface area contributed by atoms with Crippen LogP contribution in [0.3, 0.4) is 0 Å². The third-order valence-corrected chi connectivity index (χ3v) is 4.21. The van der Waals surface area contributed by atoms with Gasteiger partial charge in [0.15, 0.2) is 0 Å². The number of hydrogen-bond donors (Lipinski definition) is 3. The van der Waals surface area contributed by atoms with Gasteiger partial charge in [-0.3, -0.25) is 0 Å². The molecule has 122 valence electrons. The molecular formula is C15H28N2O4. The van der Waals surface area contributed by atoms with Gasteiger partial charge in [0.25, 0.3) is 0 Å². The van der Waals surface area contributed by atoms with Crippen LogP contribution in [0.5, 0.6) is 0 Å². The molecule has 3 unspecified atom stereocenters. The number of methoxy groups -OCH3 is 1. The van der Waals surface area contributed by atoms with Gasteiger partial charge < -0.3 is 20.5 Å². The molecule has 0 spiro atoms. The number of carbonyl (C=O) groups is 2. The summed E-state index contributed by atoms with van der Waals surface area (Å²) in [5.74, 6) is -0.0580. The highest BCUT2D eigenvalue weighted by atomic mass is 16.5. The van der Waals surface area contributed by atoms with Gasteiger partial charge in [-0.15, -0.1) is 0 Å². The zero-order chi connectivity index (χ0) is 15.8. The lowest BCUT2D eigenvalue weighted by molar-refractivity contribution is -0.139. The third-order valence-electron chi connectivity index (χ3n) is 4.21. The van der Waals surface area contributed by atoms with Gasteiger partial charge in [0, 0.05) is 26.2 Å². The largest absolute Gasteiger partial charge is 0.480 e. The maximum Gasteiger partial charge on any atom is 0.326 e. The lowest BCUT2D eigenvalue weighted by Crippen LogP contribution is -2.52. The first-order valence-electron chi connectivity index (χ1n) is 7.74. The minimum atomic E-state index is -1.04. The predicted octanol–water partition coefficient (Wildman–Crippen LogP) is 1.99. The van der Waals surface area contributed by atoms with E-state index >= 15 is 0 Å². The molecule has 3 atom stereocenters. The fraction of sp³-hybridized carbons (Fsp3) is 0.867. The van der Waals surface area contributed by atoms with Crippen LogP contribution in [0.25, 0.3) is 0 Å². The Bertz CT molecular complexity index is 347. The zero-order valence-electron chi connectivity index (χ0n) is 13.2. The van der Waals surface area contributed by atoms with Crippen molar-refractivity contribution >= 4 is 12.0 Å². The number of ether oxygens (including phenoxy) is 1. The molecule has 1 fully saturated rings. The molecule has 0 aromatic rings. The van der Waals surface area contributed by atoms with Crippen LogP contribution in [-0.2, 0) is 9.53 Å². The van der Waals surface area contributed by atoms with E-state index in [1.807, 2.05) is 0 Å². The summed E-state index contributed by atoms with van der Waals surface area (Å²) in [6.07, 6.45) is 4.66. The van der Waals surface area contributed by atoms with Crippen LogP contribution in [0, 0.1) is 11.8 Å². The van der Waals surface area contributed by atoms with Gasteiger partial charge >= 0.3 is 12.0 Å². The van der Waals surface area contributed by atoms with Crippen LogP contribution in [-0.4, -0.2) is 42.9 Å². The highest BCUT2D eigenvalue weighted by molar-refractivity contribution is 5.82. The normalized spacial score (nSPS) is 23.6. The molecule has 0 bridgehead atoms. The summed E-state index contributed by atoms with van der Waals surface area (Å²) in [6.45, 7) is 4.64. The van der Waals surface area contributed by atoms with Crippen LogP contribution in [0.2, 0.25) is 0 Å². The highest BCUT2D eigenvalue weighted by Crippen LogP contribution is 2.30. The van der Waals surface area contributed by atoms with Crippen LogP contribution >= 0.6 is 0 Å². The van der Waals surface area contributed by atoms with Crippen molar-refractivity contribution in [3.63, 3.8) is 0 Å². The first-order chi connectivity index (χ1) is 9.95. The number of amides is 2. The monoisotopic (exact) mass is 300 g/mol. The molecule has 6 heteroatoms.